The Morgan fingerprint density at radius 2 is 1.56 bits per heavy atom. The SMILES string of the molecule is CCCCC/C=C/CCCCCCCCCO[C@@H]1[C@H]([C@H](O)CO)OC[C@@H]1O. The summed E-state index contributed by atoms with van der Waals surface area (Å²) in [7, 11) is 0. The largest absolute Gasteiger partial charge is 0.394 e. The molecule has 160 valence electrons. The number of allylic oxidation sites excluding steroid dienone is 2. The Kier molecular flexibility index (Phi) is 15.0. The second kappa shape index (κ2) is 16.5. The van der Waals surface area contributed by atoms with Crippen LogP contribution in [-0.2, 0) is 9.47 Å². The molecule has 3 N–H and O–H groups in total. The average Bonchev–Trinajstić information content (AvgIpc) is 3.04. The smallest absolute Gasteiger partial charge is 0.114 e. The van der Waals surface area contributed by atoms with Crippen LogP contribution in [0.15, 0.2) is 12.2 Å². The van der Waals surface area contributed by atoms with Crippen molar-refractivity contribution in [2.45, 2.75) is 108 Å². The summed E-state index contributed by atoms with van der Waals surface area (Å²) in [5.41, 5.74) is 0. The molecule has 1 rings (SSSR count). The average molecular weight is 387 g/mol. The molecule has 0 bridgehead atoms. The zero-order chi connectivity index (χ0) is 19.7. The van der Waals surface area contributed by atoms with E-state index < -0.39 is 24.4 Å². The summed E-state index contributed by atoms with van der Waals surface area (Å²) in [6.45, 7) is 2.57. The molecule has 1 aliphatic heterocycles. The Balaban J connectivity index is 1.90. The van der Waals surface area contributed by atoms with E-state index in [0.29, 0.717) is 6.61 Å². The minimum atomic E-state index is -1.00. The fraction of sp³-hybridized carbons (Fsp3) is 0.909. The molecule has 1 heterocycles. The van der Waals surface area contributed by atoms with Crippen molar-refractivity contribution in [2.24, 2.45) is 0 Å². The van der Waals surface area contributed by atoms with Gasteiger partial charge >= 0.3 is 0 Å². The second-order valence-corrected chi connectivity index (χ2v) is 7.68. The van der Waals surface area contributed by atoms with Gasteiger partial charge in [0.05, 0.1) is 13.2 Å². The summed E-state index contributed by atoms with van der Waals surface area (Å²) in [5.74, 6) is 0. The van der Waals surface area contributed by atoms with Crippen LogP contribution in [-0.4, -0.2) is 59.6 Å². The van der Waals surface area contributed by atoms with Crippen LogP contribution in [0.25, 0.3) is 0 Å². The minimum absolute atomic E-state index is 0.153. The van der Waals surface area contributed by atoms with Crippen LogP contribution in [0.4, 0.5) is 0 Å². The molecule has 0 aromatic rings. The molecule has 1 fully saturated rings. The van der Waals surface area contributed by atoms with Crippen molar-refractivity contribution >= 4 is 0 Å². The Morgan fingerprint density at radius 3 is 2.19 bits per heavy atom. The number of rotatable bonds is 17. The normalized spacial score (nSPS) is 24.1. The van der Waals surface area contributed by atoms with Gasteiger partial charge in [0, 0.05) is 6.61 Å². The van der Waals surface area contributed by atoms with Gasteiger partial charge in [0.2, 0.25) is 0 Å². The third kappa shape index (κ3) is 11.2. The van der Waals surface area contributed by atoms with Crippen LogP contribution in [0.2, 0.25) is 0 Å². The molecule has 0 amide bonds. The summed E-state index contributed by atoms with van der Waals surface area (Å²) < 4.78 is 11.0. The van der Waals surface area contributed by atoms with Gasteiger partial charge in [-0.05, 0) is 32.1 Å². The van der Waals surface area contributed by atoms with E-state index in [-0.39, 0.29) is 13.2 Å². The Hall–Kier alpha value is -0.460. The predicted octanol–water partition coefficient (Wildman–Crippen LogP) is 3.74. The molecule has 4 atom stereocenters. The molecule has 1 aliphatic rings. The Bertz CT molecular complexity index is 361. The molecule has 5 heteroatoms. The van der Waals surface area contributed by atoms with E-state index in [1.165, 1.54) is 64.2 Å². The highest BCUT2D eigenvalue weighted by Gasteiger charge is 2.40. The number of hydrogen-bond acceptors (Lipinski definition) is 5. The molecule has 0 aromatic heterocycles. The lowest BCUT2D eigenvalue weighted by molar-refractivity contribution is -0.0938. The van der Waals surface area contributed by atoms with E-state index in [2.05, 4.69) is 19.1 Å². The first-order chi connectivity index (χ1) is 13.2. The van der Waals surface area contributed by atoms with Gasteiger partial charge in [-0.15, -0.1) is 0 Å². The minimum Gasteiger partial charge on any atom is -0.394 e. The fourth-order valence-electron chi connectivity index (χ4n) is 3.47. The van der Waals surface area contributed by atoms with Crippen LogP contribution < -0.4 is 0 Å². The molecule has 0 unspecified atom stereocenters. The van der Waals surface area contributed by atoms with E-state index >= 15 is 0 Å². The van der Waals surface area contributed by atoms with E-state index in [1.54, 1.807) is 0 Å². The lowest BCUT2D eigenvalue weighted by Crippen LogP contribution is -2.42. The van der Waals surface area contributed by atoms with Crippen molar-refractivity contribution < 1.29 is 24.8 Å². The van der Waals surface area contributed by atoms with Crippen LogP contribution in [0.1, 0.15) is 84.0 Å². The summed E-state index contributed by atoms with van der Waals surface area (Å²) >= 11 is 0. The molecular formula is C22H42O5. The second-order valence-electron chi connectivity index (χ2n) is 7.68. The van der Waals surface area contributed by atoms with E-state index in [4.69, 9.17) is 14.6 Å². The standard InChI is InChI=1S/C22H42O5/c1-2-3-4-5-6-7-8-9-10-11-12-13-14-15-16-26-22-20(25)18-27-21(22)19(24)17-23/h6-7,19-25H,2-5,8-18H2,1H3/b7-6+/t19-,20+,21+,22+/m1/s1. The molecule has 27 heavy (non-hydrogen) atoms. The molecule has 0 radical (unpaired) electrons. The first kappa shape index (κ1) is 24.6. The summed E-state index contributed by atoms with van der Waals surface area (Å²) in [6.07, 6.45) is 16.6. The van der Waals surface area contributed by atoms with Gasteiger partial charge in [-0.1, -0.05) is 64.0 Å². The maximum absolute atomic E-state index is 9.87. The molecule has 0 saturated carbocycles. The van der Waals surface area contributed by atoms with Crippen molar-refractivity contribution in [3.05, 3.63) is 12.2 Å². The van der Waals surface area contributed by atoms with Gasteiger partial charge in [0.25, 0.3) is 0 Å². The lowest BCUT2D eigenvalue weighted by atomic mass is 10.1. The van der Waals surface area contributed by atoms with Crippen molar-refractivity contribution in [1.82, 2.24) is 0 Å². The van der Waals surface area contributed by atoms with Gasteiger partial charge in [0.15, 0.2) is 0 Å². The predicted molar refractivity (Wildman–Crippen MR) is 109 cm³/mol. The van der Waals surface area contributed by atoms with Crippen LogP contribution in [0.3, 0.4) is 0 Å². The highest BCUT2D eigenvalue weighted by Crippen LogP contribution is 2.21. The van der Waals surface area contributed by atoms with Crippen LogP contribution >= 0.6 is 0 Å². The number of aliphatic hydroxyl groups is 3. The zero-order valence-electron chi connectivity index (χ0n) is 17.2. The maximum atomic E-state index is 9.87. The van der Waals surface area contributed by atoms with E-state index in [1.807, 2.05) is 0 Å². The zero-order valence-corrected chi connectivity index (χ0v) is 17.2. The van der Waals surface area contributed by atoms with Crippen molar-refractivity contribution in [2.75, 3.05) is 19.8 Å². The van der Waals surface area contributed by atoms with Crippen molar-refractivity contribution in [3.8, 4) is 0 Å². The van der Waals surface area contributed by atoms with Gasteiger partial charge in [-0.2, -0.15) is 0 Å². The quantitative estimate of drug-likeness (QED) is 0.262. The highest BCUT2D eigenvalue weighted by molar-refractivity contribution is 4.89. The van der Waals surface area contributed by atoms with Crippen LogP contribution in [0.5, 0.6) is 0 Å². The lowest BCUT2D eigenvalue weighted by Gasteiger charge is -2.23. The molecule has 5 nitrogen and oxygen atoms in total. The maximum Gasteiger partial charge on any atom is 0.114 e. The topological polar surface area (TPSA) is 79.2 Å². The van der Waals surface area contributed by atoms with E-state index in [9.17, 15) is 10.2 Å². The molecular weight excluding hydrogens is 344 g/mol. The van der Waals surface area contributed by atoms with Crippen molar-refractivity contribution in [1.29, 1.82) is 0 Å². The Morgan fingerprint density at radius 1 is 0.963 bits per heavy atom. The number of hydrogen-bond donors (Lipinski definition) is 3. The number of aliphatic hydroxyl groups excluding tert-OH is 3. The van der Waals surface area contributed by atoms with Crippen molar-refractivity contribution in [3.63, 3.8) is 0 Å². The van der Waals surface area contributed by atoms with E-state index in [0.717, 1.165) is 12.8 Å². The summed E-state index contributed by atoms with van der Waals surface area (Å²) in [5, 5.41) is 28.6. The van der Waals surface area contributed by atoms with Crippen LogP contribution in [0, 0.1) is 0 Å². The highest BCUT2D eigenvalue weighted by atomic mass is 16.6. The molecule has 1 saturated heterocycles. The molecule has 0 aliphatic carbocycles. The molecule has 0 aromatic carbocycles. The first-order valence-electron chi connectivity index (χ1n) is 11.1. The fourth-order valence-corrected chi connectivity index (χ4v) is 3.47. The summed E-state index contributed by atoms with van der Waals surface area (Å²) in [4.78, 5) is 0. The third-order valence-electron chi connectivity index (χ3n) is 5.20. The van der Waals surface area contributed by atoms with Gasteiger partial charge in [-0.25, -0.2) is 0 Å². The summed E-state index contributed by atoms with van der Waals surface area (Å²) in [6, 6.07) is 0. The third-order valence-corrected chi connectivity index (χ3v) is 5.20. The van der Waals surface area contributed by atoms with Gasteiger partial charge < -0.3 is 24.8 Å². The number of unbranched alkanes of at least 4 members (excludes halogenated alkanes) is 10. The van der Waals surface area contributed by atoms with Gasteiger partial charge in [0.1, 0.15) is 24.4 Å². The monoisotopic (exact) mass is 386 g/mol. The Labute approximate surface area is 165 Å². The van der Waals surface area contributed by atoms with Gasteiger partial charge in [-0.3, -0.25) is 0 Å². The number of ether oxygens (including phenoxy) is 2. The molecule has 0 spiro atoms. The first-order valence-corrected chi connectivity index (χ1v) is 11.1.